The van der Waals surface area contributed by atoms with E-state index in [1.54, 1.807) is 4.90 Å². The molecule has 0 aliphatic carbocycles. The molecule has 0 atom stereocenters. The van der Waals surface area contributed by atoms with Gasteiger partial charge >= 0.3 is 5.97 Å². The molecular weight excluding hydrogens is 294 g/mol. The van der Waals surface area contributed by atoms with Crippen LogP contribution in [0.15, 0.2) is 24.3 Å². The van der Waals surface area contributed by atoms with E-state index in [2.05, 4.69) is 0 Å². The highest BCUT2D eigenvalue weighted by Crippen LogP contribution is 2.38. The number of rotatable bonds is 6. The second kappa shape index (κ2) is 7.59. The molecule has 0 saturated carbocycles. The van der Waals surface area contributed by atoms with Crippen molar-refractivity contribution in [3.05, 3.63) is 35.4 Å². The number of carboxylic acids is 1. The standard InChI is InChI=1S/C18H25NO4/c1-3-19(11-8-16(20)21)17(22)18(9-12-23-13-10-18)15-7-5-4-6-14(15)2/h4-7H,3,8-13H2,1-2H3,(H,20,21). The fraction of sp³-hybridized carbons (Fsp3) is 0.556. The molecule has 23 heavy (non-hydrogen) atoms. The van der Waals surface area contributed by atoms with E-state index in [0.29, 0.717) is 32.6 Å². The number of aryl methyl sites for hydroxylation is 1. The lowest BCUT2D eigenvalue weighted by Gasteiger charge is -2.40. The molecular formula is C18H25NO4. The van der Waals surface area contributed by atoms with Gasteiger partial charge in [-0.05, 0) is 37.8 Å². The van der Waals surface area contributed by atoms with Crippen molar-refractivity contribution in [2.75, 3.05) is 26.3 Å². The first-order valence-corrected chi connectivity index (χ1v) is 8.16. The Kier molecular flexibility index (Phi) is 5.77. The number of ether oxygens (including phenoxy) is 1. The van der Waals surface area contributed by atoms with Crippen LogP contribution in [0.2, 0.25) is 0 Å². The highest BCUT2D eigenvalue weighted by Gasteiger charge is 2.44. The zero-order valence-corrected chi connectivity index (χ0v) is 13.9. The van der Waals surface area contributed by atoms with Gasteiger partial charge in [0.25, 0.3) is 0 Å². The molecule has 1 aromatic rings. The highest BCUT2D eigenvalue weighted by molar-refractivity contribution is 5.89. The third-order valence-electron chi connectivity index (χ3n) is 4.68. The lowest BCUT2D eigenvalue weighted by molar-refractivity contribution is -0.143. The molecule has 0 spiro atoms. The maximum absolute atomic E-state index is 13.3. The molecule has 0 radical (unpaired) electrons. The van der Waals surface area contributed by atoms with E-state index < -0.39 is 11.4 Å². The van der Waals surface area contributed by atoms with Gasteiger partial charge < -0.3 is 14.7 Å². The molecule has 0 bridgehead atoms. The first kappa shape index (κ1) is 17.5. The van der Waals surface area contributed by atoms with E-state index in [9.17, 15) is 9.59 Å². The summed E-state index contributed by atoms with van der Waals surface area (Å²) in [6.45, 7) is 5.78. The van der Waals surface area contributed by atoms with E-state index in [1.165, 1.54) is 0 Å². The van der Waals surface area contributed by atoms with Crippen molar-refractivity contribution in [3.63, 3.8) is 0 Å². The Balaban J connectivity index is 2.35. The summed E-state index contributed by atoms with van der Waals surface area (Å²) in [6.07, 6.45) is 1.25. The zero-order valence-electron chi connectivity index (χ0n) is 13.9. The van der Waals surface area contributed by atoms with Gasteiger partial charge in [0.15, 0.2) is 0 Å². The Morgan fingerprint density at radius 2 is 1.91 bits per heavy atom. The van der Waals surface area contributed by atoms with E-state index in [-0.39, 0.29) is 18.9 Å². The lowest BCUT2D eigenvalue weighted by atomic mass is 9.71. The van der Waals surface area contributed by atoms with E-state index in [4.69, 9.17) is 9.84 Å². The van der Waals surface area contributed by atoms with Crippen LogP contribution in [0.3, 0.4) is 0 Å². The van der Waals surface area contributed by atoms with Crippen molar-refractivity contribution in [3.8, 4) is 0 Å². The van der Waals surface area contributed by atoms with Crippen LogP contribution in [-0.2, 0) is 19.7 Å². The SMILES string of the molecule is CCN(CCC(=O)O)C(=O)C1(c2ccccc2C)CCOCC1. The van der Waals surface area contributed by atoms with Crippen LogP contribution in [-0.4, -0.2) is 48.2 Å². The van der Waals surface area contributed by atoms with Crippen LogP contribution in [0.1, 0.15) is 37.3 Å². The predicted molar refractivity (Wildman–Crippen MR) is 87.4 cm³/mol. The number of likely N-dealkylation sites (N-methyl/N-ethyl adjacent to an activating group) is 1. The fourth-order valence-corrected chi connectivity index (χ4v) is 3.36. The first-order valence-electron chi connectivity index (χ1n) is 8.16. The Morgan fingerprint density at radius 1 is 1.26 bits per heavy atom. The van der Waals surface area contributed by atoms with Crippen molar-refractivity contribution in [2.45, 2.75) is 38.5 Å². The predicted octanol–water partition coefficient (Wildman–Crippen LogP) is 2.37. The molecule has 126 valence electrons. The Morgan fingerprint density at radius 3 is 2.48 bits per heavy atom. The van der Waals surface area contributed by atoms with Crippen molar-refractivity contribution in [2.24, 2.45) is 0 Å². The number of nitrogens with zero attached hydrogens (tertiary/aromatic N) is 1. The van der Waals surface area contributed by atoms with Crippen molar-refractivity contribution < 1.29 is 19.4 Å². The molecule has 1 aliphatic rings. The summed E-state index contributed by atoms with van der Waals surface area (Å²) in [4.78, 5) is 25.8. The average molecular weight is 319 g/mol. The first-order chi connectivity index (χ1) is 11.0. The van der Waals surface area contributed by atoms with Crippen LogP contribution in [0.25, 0.3) is 0 Å². The normalized spacial score (nSPS) is 16.8. The molecule has 2 rings (SSSR count). The van der Waals surface area contributed by atoms with Gasteiger partial charge in [0.2, 0.25) is 5.91 Å². The summed E-state index contributed by atoms with van der Waals surface area (Å²) in [6, 6.07) is 7.97. The third kappa shape index (κ3) is 3.72. The van der Waals surface area contributed by atoms with Crippen molar-refractivity contribution >= 4 is 11.9 Å². The van der Waals surface area contributed by atoms with E-state index in [1.807, 2.05) is 38.1 Å². The zero-order chi connectivity index (χ0) is 16.9. The van der Waals surface area contributed by atoms with Crippen molar-refractivity contribution in [1.29, 1.82) is 0 Å². The molecule has 0 aromatic heterocycles. The fourth-order valence-electron chi connectivity index (χ4n) is 3.36. The van der Waals surface area contributed by atoms with Crippen LogP contribution >= 0.6 is 0 Å². The van der Waals surface area contributed by atoms with Crippen LogP contribution in [0.4, 0.5) is 0 Å². The number of aliphatic carboxylic acids is 1. The van der Waals surface area contributed by atoms with Gasteiger partial charge in [-0.15, -0.1) is 0 Å². The summed E-state index contributed by atoms with van der Waals surface area (Å²) in [7, 11) is 0. The molecule has 1 fully saturated rings. The van der Waals surface area contributed by atoms with Gasteiger partial charge in [0.05, 0.1) is 11.8 Å². The van der Waals surface area contributed by atoms with Gasteiger partial charge in [-0.1, -0.05) is 24.3 Å². The molecule has 5 heteroatoms. The van der Waals surface area contributed by atoms with Gasteiger partial charge in [-0.3, -0.25) is 9.59 Å². The Labute approximate surface area is 137 Å². The lowest BCUT2D eigenvalue weighted by Crippen LogP contribution is -2.50. The minimum Gasteiger partial charge on any atom is -0.481 e. The summed E-state index contributed by atoms with van der Waals surface area (Å²) in [5.74, 6) is -0.855. The van der Waals surface area contributed by atoms with Gasteiger partial charge in [-0.2, -0.15) is 0 Å². The molecule has 1 aromatic carbocycles. The Hall–Kier alpha value is -1.88. The smallest absolute Gasteiger partial charge is 0.305 e. The molecule has 1 N–H and O–H groups in total. The molecule has 1 aliphatic heterocycles. The quantitative estimate of drug-likeness (QED) is 0.874. The van der Waals surface area contributed by atoms with Crippen molar-refractivity contribution in [1.82, 2.24) is 4.90 Å². The van der Waals surface area contributed by atoms with Gasteiger partial charge in [0, 0.05) is 26.3 Å². The van der Waals surface area contributed by atoms with Gasteiger partial charge in [0.1, 0.15) is 0 Å². The molecule has 1 amide bonds. The summed E-state index contributed by atoms with van der Waals surface area (Å²) < 4.78 is 5.48. The summed E-state index contributed by atoms with van der Waals surface area (Å²) in [5, 5.41) is 8.92. The maximum Gasteiger partial charge on any atom is 0.305 e. The van der Waals surface area contributed by atoms with E-state index in [0.717, 1.165) is 11.1 Å². The number of carbonyl (C=O) groups is 2. The monoisotopic (exact) mass is 319 g/mol. The number of amides is 1. The summed E-state index contributed by atoms with van der Waals surface area (Å²) in [5.41, 5.74) is 1.54. The topological polar surface area (TPSA) is 66.8 Å². The third-order valence-corrected chi connectivity index (χ3v) is 4.68. The maximum atomic E-state index is 13.3. The van der Waals surface area contributed by atoms with Crippen LogP contribution in [0, 0.1) is 6.92 Å². The van der Waals surface area contributed by atoms with Gasteiger partial charge in [-0.25, -0.2) is 0 Å². The second-order valence-corrected chi connectivity index (χ2v) is 6.04. The average Bonchev–Trinajstić information content (AvgIpc) is 2.56. The number of benzene rings is 1. The molecule has 5 nitrogen and oxygen atoms in total. The minimum atomic E-state index is -0.881. The Bertz CT molecular complexity index is 564. The number of carbonyl (C=O) groups excluding carboxylic acids is 1. The summed E-state index contributed by atoms with van der Waals surface area (Å²) >= 11 is 0. The second-order valence-electron chi connectivity index (χ2n) is 6.04. The number of carboxylic acid groups (broad SMARTS) is 1. The highest BCUT2D eigenvalue weighted by atomic mass is 16.5. The molecule has 1 saturated heterocycles. The van der Waals surface area contributed by atoms with Crippen LogP contribution < -0.4 is 0 Å². The number of hydrogen-bond donors (Lipinski definition) is 1. The number of hydrogen-bond acceptors (Lipinski definition) is 3. The largest absolute Gasteiger partial charge is 0.481 e. The van der Waals surface area contributed by atoms with Crippen LogP contribution in [0.5, 0.6) is 0 Å². The van der Waals surface area contributed by atoms with E-state index >= 15 is 0 Å². The molecule has 1 heterocycles. The molecule has 0 unspecified atom stereocenters. The minimum absolute atomic E-state index is 0.0267.